The largest absolute Gasteiger partial charge is 0.484 e. The number of carbonyl (C=O) groups is 3. The highest BCUT2D eigenvalue weighted by atomic mass is 16.5. The van der Waals surface area contributed by atoms with Gasteiger partial charge in [0.25, 0.3) is 5.91 Å². The number of aryl methyl sites for hydroxylation is 1. The quantitative estimate of drug-likeness (QED) is 0.306. The lowest BCUT2D eigenvalue weighted by Gasteiger charge is -2.09. The van der Waals surface area contributed by atoms with Crippen LogP contribution in [-0.4, -0.2) is 49.8 Å². The minimum Gasteiger partial charge on any atom is -0.484 e. The molecule has 3 amide bonds. The summed E-state index contributed by atoms with van der Waals surface area (Å²) in [4.78, 5) is 35.6. The Kier molecular flexibility index (Phi) is 8.96. The molecule has 0 aliphatic carbocycles. The van der Waals surface area contributed by atoms with Gasteiger partial charge in [-0.2, -0.15) is 5.10 Å². The molecule has 1 saturated heterocycles. The molecule has 0 spiro atoms. The van der Waals surface area contributed by atoms with Crippen molar-refractivity contribution in [3.63, 3.8) is 0 Å². The number of hydrazone groups is 1. The topological polar surface area (TPSA) is 118 Å². The van der Waals surface area contributed by atoms with Crippen molar-refractivity contribution in [2.24, 2.45) is 5.10 Å². The van der Waals surface area contributed by atoms with Crippen molar-refractivity contribution in [1.82, 2.24) is 10.7 Å². The Balaban J connectivity index is 1.37. The summed E-state index contributed by atoms with van der Waals surface area (Å²) in [6, 6.07) is 14.4. The van der Waals surface area contributed by atoms with E-state index in [1.54, 1.807) is 24.3 Å². The molecule has 1 atom stereocenters. The molecule has 2 aromatic carbocycles. The minimum absolute atomic E-state index is 0.0376. The summed E-state index contributed by atoms with van der Waals surface area (Å²) >= 11 is 0. The zero-order valence-corrected chi connectivity index (χ0v) is 18.5. The third-order valence-corrected chi connectivity index (χ3v) is 5.00. The van der Waals surface area contributed by atoms with Gasteiger partial charge in [0.1, 0.15) is 5.75 Å². The predicted molar refractivity (Wildman–Crippen MR) is 124 cm³/mol. The summed E-state index contributed by atoms with van der Waals surface area (Å²) in [5.74, 6) is -1.35. The molecule has 1 aliphatic rings. The van der Waals surface area contributed by atoms with Gasteiger partial charge in [-0.15, -0.1) is 0 Å². The number of rotatable bonds is 9. The summed E-state index contributed by atoms with van der Waals surface area (Å²) in [6.07, 6.45) is 4.14. The Morgan fingerprint density at radius 2 is 1.85 bits per heavy atom. The second kappa shape index (κ2) is 12.4. The normalized spacial score (nSPS) is 15.2. The summed E-state index contributed by atoms with van der Waals surface area (Å²) in [5, 5.41) is 9.09. The van der Waals surface area contributed by atoms with Crippen LogP contribution in [0.2, 0.25) is 0 Å². The molecule has 0 radical (unpaired) electrons. The highest BCUT2D eigenvalue weighted by Crippen LogP contribution is 2.13. The molecule has 1 aliphatic heterocycles. The number of ether oxygens (including phenoxy) is 2. The molecule has 1 fully saturated rings. The number of anilines is 1. The Labute approximate surface area is 192 Å². The van der Waals surface area contributed by atoms with Crippen molar-refractivity contribution >= 4 is 29.6 Å². The Hall–Kier alpha value is -3.72. The van der Waals surface area contributed by atoms with E-state index < -0.39 is 11.8 Å². The van der Waals surface area contributed by atoms with Crippen LogP contribution in [0.15, 0.2) is 53.6 Å². The summed E-state index contributed by atoms with van der Waals surface area (Å²) in [6.45, 7) is 2.93. The number of amides is 3. The number of nitrogens with one attached hydrogen (secondary N) is 3. The van der Waals surface area contributed by atoms with E-state index in [1.165, 1.54) is 11.8 Å². The molecule has 0 unspecified atom stereocenters. The van der Waals surface area contributed by atoms with Gasteiger partial charge < -0.3 is 20.1 Å². The third kappa shape index (κ3) is 8.04. The molecule has 0 saturated carbocycles. The molecule has 0 aromatic heterocycles. The maximum Gasteiger partial charge on any atom is 0.329 e. The lowest BCUT2D eigenvalue weighted by molar-refractivity contribution is -0.139. The highest BCUT2D eigenvalue weighted by molar-refractivity contribution is 6.35. The van der Waals surface area contributed by atoms with Crippen LogP contribution in [0.25, 0.3) is 0 Å². The number of hydrogen-bond acceptors (Lipinski definition) is 6. The first kappa shape index (κ1) is 23.9. The van der Waals surface area contributed by atoms with Gasteiger partial charge in [0.2, 0.25) is 0 Å². The number of hydrogen-bond donors (Lipinski definition) is 3. The first-order valence-corrected chi connectivity index (χ1v) is 10.9. The third-order valence-electron chi connectivity index (χ3n) is 5.00. The lowest BCUT2D eigenvalue weighted by Crippen LogP contribution is -2.41. The van der Waals surface area contributed by atoms with E-state index in [9.17, 15) is 14.4 Å². The Bertz CT molecular complexity index is 967. The van der Waals surface area contributed by atoms with Crippen LogP contribution in [-0.2, 0) is 25.5 Å². The first-order chi connectivity index (χ1) is 16.0. The number of nitrogens with zero attached hydrogens (tertiary/aromatic N) is 1. The average molecular weight is 453 g/mol. The molecule has 1 heterocycles. The maximum atomic E-state index is 12.1. The monoisotopic (exact) mass is 452 g/mol. The number of benzene rings is 2. The fraction of sp³-hybridized carbons (Fsp3) is 0.333. The summed E-state index contributed by atoms with van der Waals surface area (Å²) < 4.78 is 10.9. The number of carbonyl (C=O) groups excluding carboxylic acids is 3. The van der Waals surface area contributed by atoms with Gasteiger partial charge in [0.05, 0.1) is 12.3 Å². The summed E-state index contributed by atoms with van der Waals surface area (Å²) in [7, 11) is 0. The molecule has 0 bridgehead atoms. The maximum absolute atomic E-state index is 12.1. The van der Waals surface area contributed by atoms with Crippen LogP contribution in [0.3, 0.4) is 0 Å². The molecule has 33 heavy (non-hydrogen) atoms. The van der Waals surface area contributed by atoms with Crippen LogP contribution in [0, 0.1) is 0 Å². The van der Waals surface area contributed by atoms with E-state index >= 15 is 0 Å². The van der Waals surface area contributed by atoms with Gasteiger partial charge in [-0.25, -0.2) is 5.43 Å². The Morgan fingerprint density at radius 1 is 1.09 bits per heavy atom. The lowest BCUT2D eigenvalue weighted by atomic mass is 10.1. The predicted octanol–water partition coefficient (Wildman–Crippen LogP) is 2.01. The van der Waals surface area contributed by atoms with Gasteiger partial charge in [-0.3, -0.25) is 14.4 Å². The van der Waals surface area contributed by atoms with Crippen molar-refractivity contribution < 1.29 is 23.9 Å². The van der Waals surface area contributed by atoms with Gasteiger partial charge in [-0.05, 0) is 66.8 Å². The van der Waals surface area contributed by atoms with E-state index in [0.29, 0.717) is 24.5 Å². The molecular weight excluding hydrogens is 424 g/mol. The van der Waals surface area contributed by atoms with Gasteiger partial charge in [0, 0.05) is 18.8 Å². The van der Waals surface area contributed by atoms with E-state index in [1.807, 2.05) is 24.3 Å². The first-order valence-electron chi connectivity index (χ1n) is 10.9. The second-order valence-electron chi connectivity index (χ2n) is 7.50. The van der Waals surface area contributed by atoms with Crippen molar-refractivity contribution in [3.8, 4) is 5.75 Å². The SMILES string of the molecule is CCc1ccc(NC(=O)COc2ccc(/C=N\NC(=O)C(=O)NC[C@H]3CCCO3)cc2)cc1. The van der Waals surface area contributed by atoms with Crippen LogP contribution < -0.4 is 20.8 Å². The minimum atomic E-state index is -0.848. The Morgan fingerprint density at radius 3 is 2.52 bits per heavy atom. The standard InChI is InChI=1S/C24H28N4O5/c1-2-17-5-9-19(10-6-17)27-22(29)16-33-20-11-7-18(8-12-20)14-26-28-24(31)23(30)25-15-21-4-3-13-32-21/h5-12,14,21H,2-4,13,15-16H2,1H3,(H,25,30)(H,27,29)(H,28,31)/b26-14-/t21-/m1/s1. The van der Waals surface area contributed by atoms with E-state index in [2.05, 4.69) is 28.1 Å². The molecule has 3 rings (SSSR count). The van der Waals surface area contributed by atoms with Gasteiger partial charge >= 0.3 is 11.8 Å². The van der Waals surface area contributed by atoms with E-state index in [-0.39, 0.29) is 18.6 Å². The van der Waals surface area contributed by atoms with Crippen molar-refractivity contribution in [1.29, 1.82) is 0 Å². The van der Waals surface area contributed by atoms with Crippen LogP contribution in [0.1, 0.15) is 30.9 Å². The molecular formula is C24H28N4O5. The summed E-state index contributed by atoms with van der Waals surface area (Å²) in [5.41, 5.74) is 4.78. The van der Waals surface area contributed by atoms with Crippen molar-refractivity contribution in [3.05, 3.63) is 59.7 Å². The second-order valence-corrected chi connectivity index (χ2v) is 7.50. The smallest absolute Gasteiger partial charge is 0.329 e. The average Bonchev–Trinajstić information content (AvgIpc) is 3.36. The van der Waals surface area contributed by atoms with Crippen LogP contribution in [0.4, 0.5) is 5.69 Å². The molecule has 9 heteroatoms. The van der Waals surface area contributed by atoms with E-state index in [0.717, 1.165) is 24.9 Å². The van der Waals surface area contributed by atoms with Crippen LogP contribution in [0.5, 0.6) is 5.75 Å². The molecule has 2 aromatic rings. The van der Waals surface area contributed by atoms with Gasteiger partial charge in [-0.1, -0.05) is 19.1 Å². The molecule has 3 N–H and O–H groups in total. The van der Waals surface area contributed by atoms with E-state index in [4.69, 9.17) is 9.47 Å². The highest BCUT2D eigenvalue weighted by Gasteiger charge is 2.18. The molecule has 174 valence electrons. The van der Waals surface area contributed by atoms with Gasteiger partial charge in [0.15, 0.2) is 6.61 Å². The molecule has 9 nitrogen and oxygen atoms in total. The van der Waals surface area contributed by atoms with Crippen LogP contribution >= 0.6 is 0 Å². The zero-order valence-electron chi connectivity index (χ0n) is 18.5. The fourth-order valence-corrected chi connectivity index (χ4v) is 3.13. The fourth-order valence-electron chi connectivity index (χ4n) is 3.13. The zero-order chi connectivity index (χ0) is 23.5. The van der Waals surface area contributed by atoms with Crippen molar-refractivity contribution in [2.75, 3.05) is 25.1 Å². The van der Waals surface area contributed by atoms with Crippen molar-refractivity contribution in [2.45, 2.75) is 32.3 Å².